The fraction of sp³-hybridized carbons (Fsp3) is 0.304. The summed E-state index contributed by atoms with van der Waals surface area (Å²) in [6.07, 6.45) is 3.57. The van der Waals surface area contributed by atoms with Gasteiger partial charge in [0.2, 0.25) is 0 Å². The van der Waals surface area contributed by atoms with E-state index in [4.69, 9.17) is 0 Å². The second-order valence-electron chi connectivity index (χ2n) is 7.09. The van der Waals surface area contributed by atoms with Crippen molar-refractivity contribution in [1.82, 2.24) is 5.32 Å². The molecule has 26 heavy (non-hydrogen) atoms. The predicted octanol–water partition coefficient (Wildman–Crippen LogP) is 5.13. The highest BCUT2D eigenvalue weighted by molar-refractivity contribution is 5.85. The van der Waals surface area contributed by atoms with Crippen LogP contribution in [0.3, 0.4) is 0 Å². The van der Waals surface area contributed by atoms with Crippen molar-refractivity contribution in [3.8, 4) is 0 Å². The highest BCUT2D eigenvalue weighted by atomic mass is 19.1. The van der Waals surface area contributed by atoms with E-state index in [-0.39, 0.29) is 5.82 Å². The van der Waals surface area contributed by atoms with Gasteiger partial charge in [0.15, 0.2) is 0 Å². The molecule has 0 aromatic heterocycles. The van der Waals surface area contributed by atoms with Crippen LogP contribution in [-0.2, 0) is 6.54 Å². The third-order valence-corrected chi connectivity index (χ3v) is 5.34. The molecule has 1 unspecified atom stereocenters. The molecule has 1 aliphatic heterocycles. The van der Waals surface area contributed by atoms with Gasteiger partial charge >= 0.3 is 0 Å². The largest absolute Gasteiger partial charge is 0.367 e. The van der Waals surface area contributed by atoms with Crippen molar-refractivity contribution >= 4 is 16.5 Å². The number of hydrogen-bond donors (Lipinski definition) is 1. The van der Waals surface area contributed by atoms with Crippen LogP contribution in [-0.4, -0.2) is 19.1 Å². The molecule has 4 rings (SSSR count). The predicted molar refractivity (Wildman–Crippen MR) is 107 cm³/mol. The molecule has 1 saturated heterocycles. The molecule has 2 nitrogen and oxygen atoms in total. The average Bonchev–Trinajstić information content (AvgIpc) is 2.68. The van der Waals surface area contributed by atoms with Crippen molar-refractivity contribution in [2.24, 2.45) is 0 Å². The lowest BCUT2D eigenvalue weighted by atomic mass is 10.0. The Morgan fingerprint density at radius 1 is 0.962 bits per heavy atom. The molecule has 1 heterocycles. The van der Waals surface area contributed by atoms with E-state index in [1.165, 1.54) is 35.2 Å². The van der Waals surface area contributed by atoms with E-state index >= 15 is 0 Å². The lowest BCUT2D eigenvalue weighted by Crippen LogP contribution is -2.45. The van der Waals surface area contributed by atoms with Crippen molar-refractivity contribution in [3.63, 3.8) is 0 Å². The zero-order valence-electron chi connectivity index (χ0n) is 15.0. The fourth-order valence-electron chi connectivity index (χ4n) is 4.03. The number of piperidine rings is 1. The fourth-order valence-corrected chi connectivity index (χ4v) is 4.03. The maximum atomic E-state index is 13.6. The standard InChI is InChI=1S/C23H25FN2/c24-20-10-6-12-21(15-20)26-14-4-3-11-22(26)17-25-16-19-9-5-8-18-7-1-2-13-23(18)19/h1-2,5-10,12-13,15,22,25H,3-4,11,14,16-17H2. The quantitative estimate of drug-likeness (QED) is 0.688. The lowest BCUT2D eigenvalue weighted by Gasteiger charge is -2.38. The minimum absolute atomic E-state index is 0.157. The van der Waals surface area contributed by atoms with Crippen LogP contribution in [0.4, 0.5) is 10.1 Å². The van der Waals surface area contributed by atoms with Gasteiger partial charge in [-0.3, -0.25) is 0 Å². The Morgan fingerprint density at radius 2 is 1.81 bits per heavy atom. The summed E-state index contributed by atoms with van der Waals surface area (Å²) in [7, 11) is 0. The van der Waals surface area contributed by atoms with Crippen molar-refractivity contribution in [2.75, 3.05) is 18.0 Å². The smallest absolute Gasteiger partial charge is 0.125 e. The van der Waals surface area contributed by atoms with E-state index < -0.39 is 0 Å². The first kappa shape index (κ1) is 17.0. The first-order valence-corrected chi connectivity index (χ1v) is 9.51. The van der Waals surface area contributed by atoms with Crippen LogP contribution in [0.25, 0.3) is 10.8 Å². The number of nitrogens with zero attached hydrogens (tertiary/aromatic N) is 1. The monoisotopic (exact) mass is 348 g/mol. The molecule has 3 aromatic rings. The van der Waals surface area contributed by atoms with Gasteiger partial charge in [0.25, 0.3) is 0 Å². The lowest BCUT2D eigenvalue weighted by molar-refractivity contribution is 0.434. The van der Waals surface area contributed by atoms with Crippen molar-refractivity contribution in [1.29, 1.82) is 0 Å². The Balaban J connectivity index is 1.44. The average molecular weight is 348 g/mol. The summed E-state index contributed by atoms with van der Waals surface area (Å²) in [5.74, 6) is -0.157. The summed E-state index contributed by atoms with van der Waals surface area (Å²) in [6.45, 7) is 2.78. The van der Waals surface area contributed by atoms with Crippen LogP contribution in [0, 0.1) is 5.82 Å². The van der Waals surface area contributed by atoms with Gasteiger partial charge in [0.1, 0.15) is 5.82 Å². The molecule has 1 atom stereocenters. The van der Waals surface area contributed by atoms with Crippen LogP contribution in [0.2, 0.25) is 0 Å². The van der Waals surface area contributed by atoms with Gasteiger partial charge in [-0.2, -0.15) is 0 Å². The number of anilines is 1. The number of benzene rings is 3. The van der Waals surface area contributed by atoms with Gasteiger partial charge in [-0.25, -0.2) is 4.39 Å². The molecule has 1 aliphatic rings. The summed E-state index contributed by atoms with van der Waals surface area (Å²) >= 11 is 0. The molecule has 1 fully saturated rings. The molecule has 0 spiro atoms. The Bertz CT molecular complexity index is 871. The number of hydrogen-bond acceptors (Lipinski definition) is 2. The topological polar surface area (TPSA) is 15.3 Å². The normalized spacial score (nSPS) is 17.6. The van der Waals surface area contributed by atoms with Crippen LogP contribution in [0.5, 0.6) is 0 Å². The highest BCUT2D eigenvalue weighted by Crippen LogP contribution is 2.25. The minimum Gasteiger partial charge on any atom is -0.367 e. The number of nitrogens with one attached hydrogen (secondary N) is 1. The summed E-state index contributed by atoms with van der Waals surface area (Å²) in [6, 6.07) is 22.4. The summed E-state index contributed by atoms with van der Waals surface area (Å²) in [5.41, 5.74) is 2.33. The van der Waals surface area contributed by atoms with Gasteiger partial charge in [0.05, 0.1) is 0 Å². The summed E-state index contributed by atoms with van der Waals surface area (Å²) < 4.78 is 13.6. The molecule has 3 aromatic carbocycles. The first-order chi connectivity index (χ1) is 12.8. The molecule has 1 N–H and O–H groups in total. The first-order valence-electron chi connectivity index (χ1n) is 9.51. The van der Waals surface area contributed by atoms with E-state index in [9.17, 15) is 4.39 Å². The number of rotatable bonds is 5. The minimum atomic E-state index is -0.157. The molecule has 0 saturated carbocycles. The van der Waals surface area contributed by atoms with Gasteiger partial charge in [0, 0.05) is 31.4 Å². The molecule has 3 heteroatoms. The maximum Gasteiger partial charge on any atom is 0.125 e. The summed E-state index contributed by atoms with van der Waals surface area (Å²) in [5, 5.41) is 6.24. The Hall–Kier alpha value is -2.39. The molecule has 134 valence electrons. The van der Waals surface area contributed by atoms with Crippen molar-refractivity contribution in [2.45, 2.75) is 31.8 Å². The zero-order valence-corrected chi connectivity index (χ0v) is 15.0. The molecule has 0 radical (unpaired) electrons. The third-order valence-electron chi connectivity index (χ3n) is 5.34. The molecule has 0 amide bonds. The number of fused-ring (bicyclic) bond motifs is 1. The van der Waals surface area contributed by atoms with E-state index in [0.717, 1.165) is 31.7 Å². The maximum absolute atomic E-state index is 13.6. The van der Waals surface area contributed by atoms with Gasteiger partial charge < -0.3 is 10.2 Å². The van der Waals surface area contributed by atoms with E-state index in [1.54, 1.807) is 12.1 Å². The van der Waals surface area contributed by atoms with E-state index in [1.807, 2.05) is 6.07 Å². The second-order valence-corrected chi connectivity index (χ2v) is 7.09. The SMILES string of the molecule is Fc1cccc(N2CCCCC2CNCc2cccc3ccccc23)c1. The Labute approximate surface area is 154 Å². The zero-order chi connectivity index (χ0) is 17.8. The van der Waals surface area contributed by atoms with Gasteiger partial charge in [-0.05, 0) is 53.8 Å². The highest BCUT2D eigenvalue weighted by Gasteiger charge is 2.22. The Morgan fingerprint density at radius 3 is 2.73 bits per heavy atom. The van der Waals surface area contributed by atoms with Gasteiger partial charge in [-0.15, -0.1) is 0 Å². The van der Waals surface area contributed by atoms with E-state index in [2.05, 4.69) is 52.7 Å². The van der Waals surface area contributed by atoms with Crippen molar-refractivity contribution in [3.05, 3.63) is 78.1 Å². The molecular weight excluding hydrogens is 323 g/mol. The molecule has 0 aliphatic carbocycles. The second kappa shape index (κ2) is 7.88. The molecular formula is C23H25FN2. The van der Waals surface area contributed by atoms with Crippen LogP contribution in [0.15, 0.2) is 66.7 Å². The summed E-state index contributed by atoms with van der Waals surface area (Å²) in [4.78, 5) is 2.36. The molecule has 0 bridgehead atoms. The van der Waals surface area contributed by atoms with Gasteiger partial charge in [-0.1, -0.05) is 48.5 Å². The Kier molecular flexibility index (Phi) is 5.16. The van der Waals surface area contributed by atoms with Crippen LogP contribution >= 0.6 is 0 Å². The van der Waals surface area contributed by atoms with Crippen LogP contribution in [0.1, 0.15) is 24.8 Å². The van der Waals surface area contributed by atoms with Crippen LogP contribution < -0.4 is 10.2 Å². The number of halogens is 1. The third kappa shape index (κ3) is 3.73. The van der Waals surface area contributed by atoms with E-state index in [0.29, 0.717) is 6.04 Å². The van der Waals surface area contributed by atoms with Crippen molar-refractivity contribution < 1.29 is 4.39 Å².